The Kier molecular flexibility index (Phi) is 6.84. The van der Waals surface area contributed by atoms with Crippen molar-refractivity contribution in [1.82, 2.24) is 9.80 Å². The number of fused-ring (bicyclic) bond motifs is 2. The number of carbonyl (C=O) groups excluding carboxylic acids is 1. The molecular formula is C27H32N2O4. The van der Waals surface area contributed by atoms with Crippen LogP contribution in [0.5, 0.6) is 5.75 Å². The zero-order valence-electron chi connectivity index (χ0n) is 19.9. The standard InChI is InChI=1S/C27H32N2O4/c1-5-6-15-32-20-10-7-9-19(17-20)24-23-25(30)21-16-18(2)11-12-22(21)33-26(23)27(31)29(24)14-8-13-28(3)4/h7,9-12,16-17,24H,5-6,8,13-15H2,1-4H3. The van der Waals surface area contributed by atoms with Gasteiger partial charge in [0.05, 0.1) is 23.6 Å². The van der Waals surface area contributed by atoms with Crippen LogP contribution in [0.15, 0.2) is 51.7 Å². The fourth-order valence-corrected chi connectivity index (χ4v) is 4.38. The zero-order chi connectivity index (χ0) is 23.5. The highest BCUT2D eigenvalue weighted by Gasteiger charge is 2.42. The van der Waals surface area contributed by atoms with Crippen LogP contribution in [0.3, 0.4) is 0 Å². The maximum Gasteiger partial charge on any atom is 0.290 e. The van der Waals surface area contributed by atoms with E-state index in [-0.39, 0.29) is 17.1 Å². The molecule has 33 heavy (non-hydrogen) atoms. The van der Waals surface area contributed by atoms with Crippen LogP contribution in [0.4, 0.5) is 0 Å². The summed E-state index contributed by atoms with van der Waals surface area (Å²) in [6, 6.07) is 12.7. The molecule has 174 valence electrons. The Morgan fingerprint density at radius 2 is 1.91 bits per heavy atom. The van der Waals surface area contributed by atoms with E-state index in [0.717, 1.165) is 42.7 Å². The summed E-state index contributed by atoms with van der Waals surface area (Å²) in [5.74, 6) is 0.672. The quantitative estimate of drug-likeness (QED) is 0.441. The third-order valence-electron chi connectivity index (χ3n) is 6.07. The van der Waals surface area contributed by atoms with Gasteiger partial charge in [-0.1, -0.05) is 37.1 Å². The minimum absolute atomic E-state index is 0.138. The van der Waals surface area contributed by atoms with Crippen LogP contribution in [0.1, 0.15) is 59.5 Å². The minimum atomic E-state index is -0.495. The van der Waals surface area contributed by atoms with Crippen molar-refractivity contribution < 1.29 is 13.9 Å². The number of aryl methyl sites for hydroxylation is 1. The fraction of sp³-hybridized carbons (Fsp3) is 0.407. The molecule has 1 aromatic heterocycles. The molecule has 2 aromatic carbocycles. The summed E-state index contributed by atoms with van der Waals surface area (Å²) in [4.78, 5) is 31.0. The molecule has 1 unspecified atom stereocenters. The Balaban J connectivity index is 1.81. The lowest BCUT2D eigenvalue weighted by molar-refractivity contribution is 0.0722. The van der Waals surface area contributed by atoms with Gasteiger partial charge in [0.1, 0.15) is 11.3 Å². The lowest BCUT2D eigenvalue weighted by Gasteiger charge is -2.26. The lowest BCUT2D eigenvalue weighted by Crippen LogP contribution is -2.32. The van der Waals surface area contributed by atoms with E-state index in [0.29, 0.717) is 29.7 Å². The summed E-state index contributed by atoms with van der Waals surface area (Å²) in [5.41, 5.74) is 2.57. The molecule has 4 rings (SSSR count). The van der Waals surface area contributed by atoms with Crippen molar-refractivity contribution >= 4 is 16.9 Å². The first kappa shape index (κ1) is 23.1. The van der Waals surface area contributed by atoms with Gasteiger partial charge >= 0.3 is 0 Å². The summed E-state index contributed by atoms with van der Waals surface area (Å²) >= 11 is 0. The predicted octanol–water partition coefficient (Wildman–Crippen LogP) is 4.78. The van der Waals surface area contributed by atoms with Crippen molar-refractivity contribution in [3.05, 3.63) is 75.1 Å². The van der Waals surface area contributed by atoms with E-state index in [1.807, 2.05) is 57.4 Å². The number of amides is 1. The summed E-state index contributed by atoms with van der Waals surface area (Å²) < 4.78 is 12.0. The van der Waals surface area contributed by atoms with Crippen LogP contribution in [0.25, 0.3) is 11.0 Å². The summed E-state index contributed by atoms with van der Waals surface area (Å²) in [6.45, 7) is 6.08. The van der Waals surface area contributed by atoms with Gasteiger partial charge < -0.3 is 19.0 Å². The second-order valence-electron chi connectivity index (χ2n) is 9.01. The molecule has 1 atom stereocenters. The molecule has 0 aliphatic carbocycles. The van der Waals surface area contributed by atoms with Crippen LogP contribution in [-0.2, 0) is 0 Å². The minimum Gasteiger partial charge on any atom is -0.494 e. The summed E-state index contributed by atoms with van der Waals surface area (Å²) in [7, 11) is 4.02. The first-order chi connectivity index (χ1) is 15.9. The fourth-order valence-electron chi connectivity index (χ4n) is 4.38. The Morgan fingerprint density at radius 1 is 1.09 bits per heavy atom. The molecule has 0 spiro atoms. The third kappa shape index (κ3) is 4.67. The number of hydrogen-bond donors (Lipinski definition) is 0. The normalized spacial score (nSPS) is 15.5. The molecule has 0 bridgehead atoms. The van der Waals surface area contributed by atoms with Crippen molar-refractivity contribution in [2.45, 2.75) is 39.2 Å². The second-order valence-corrected chi connectivity index (χ2v) is 9.01. The van der Waals surface area contributed by atoms with Crippen LogP contribution >= 0.6 is 0 Å². The Morgan fingerprint density at radius 3 is 2.67 bits per heavy atom. The number of hydrogen-bond acceptors (Lipinski definition) is 5. The van der Waals surface area contributed by atoms with Crippen molar-refractivity contribution in [3.8, 4) is 5.75 Å². The maximum atomic E-state index is 13.6. The van der Waals surface area contributed by atoms with Crippen molar-refractivity contribution in [3.63, 3.8) is 0 Å². The molecule has 6 nitrogen and oxygen atoms in total. The van der Waals surface area contributed by atoms with Crippen LogP contribution in [0.2, 0.25) is 0 Å². The van der Waals surface area contributed by atoms with E-state index in [4.69, 9.17) is 9.15 Å². The predicted molar refractivity (Wildman–Crippen MR) is 130 cm³/mol. The maximum absolute atomic E-state index is 13.6. The highest BCUT2D eigenvalue weighted by atomic mass is 16.5. The van der Waals surface area contributed by atoms with Gasteiger partial charge in [0.2, 0.25) is 5.76 Å². The smallest absolute Gasteiger partial charge is 0.290 e. The van der Waals surface area contributed by atoms with Crippen LogP contribution in [-0.4, -0.2) is 49.5 Å². The van der Waals surface area contributed by atoms with Gasteiger partial charge in [-0.25, -0.2) is 0 Å². The second kappa shape index (κ2) is 9.79. The number of carbonyl (C=O) groups is 1. The van der Waals surface area contributed by atoms with Crippen molar-refractivity contribution in [1.29, 1.82) is 0 Å². The third-order valence-corrected chi connectivity index (χ3v) is 6.07. The first-order valence-corrected chi connectivity index (χ1v) is 11.7. The summed E-state index contributed by atoms with van der Waals surface area (Å²) in [5, 5.41) is 0.511. The number of rotatable bonds is 9. The SMILES string of the molecule is CCCCOc1cccc(C2c3c(oc4ccc(C)cc4c3=O)C(=O)N2CCCN(C)C)c1. The van der Waals surface area contributed by atoms with Gasteiger partial charge in [-0.2, -0.15) is 0 Å². The van der Waals surface area contributed by atoms with Gasteiger partial charge in [-0.05, 0) is 70.2 Å². The molecule has 1 amide bonds. The number of unbranched alkanes of at least 4 members (excludes halogenated alkanes) is 1. The average molecular weight is 449 g/mol. The van der Waals surface area contributed by atoms with Gasteiger partial charge in [0, 0.05) is 6.54 Å². The van der Waals surface area contributed by atoms with Crippen LogP contribution in [0, 0.1) is 6.92 Å². The van der Waals surface area contributed by atoms with Gasteiger partial charge in [0.25, 0.3) is 5.91 Å². The van der Waals surface area contributed by atoms with Gasteiger partial charge in [-0.15, -0.1) is 0 Å². The molecule has 0 N–H and O–H groups in total. The molecular weight excluding hydrogens is 416 g/mol. The molecule has 1 aliphatic rings. The Bertz CT molecular complexity index is 1210. The van der Waals surface area contributed by atoms with E-state index >= 15 is 0 Å². The molecule has 6 heteroatoms. The average Bonchev–Trinajstić information content (AvgIpc) is 3.07. The van der Waals surface area contributed by atoms with E-state index in [1.54, 1.807) is 11.0 Å². The van der Waals surface area contributed by atoms with Crippen LogP contribution < -0.4 is 10.2 Å². The molecule has 1 aliphatic heterocycles. The van der Waals surface area contributed by atoms with E-state index in [2.05, 4.69) is 11.8 Å². The molecule has 3 aromatic rings. The van der Waals surface area contributed by atoms with E-state index in [1.165, 1.54) is 0 Å². The van der Waals surface area contributed by atoms with E-state index in [9.17, 15) is 9.59 Å². The number of benzene rings is 2. The highest BCUT2D eigenvalue weighted by Crippen LogP contribution is 2.39. The van der Waals surface area contributed by atoms with Crippen molar-refractivity contribution in [2.24, 2.45) is 0 Å². The Hall–Kier alpha value is -3.12. The molecule has 0 radical (unpaired) electrons. The molecule has 0 saturated heterocycles. The highest BCUT2D eigenvalue weighted by molar-refractivity contribution is 5.99. The molecule has 2 heterocycles. The first-order valence-electron chi connectivity index (χ1n) is 11.7. The Labute approximate surface area is 194 Å². The summed E-state index contributed by atoms with van der Waals surface area (Å²) in [6.07, 6.45) is 2.82. The monoisotopic (exact) mass is 448 g/mol. The number of nitrogens with zero attached hydrogens (tertiary/aromatic N) is 2. The zero-order valence-corrected chi connectivity index (χ0v) is 19.9. The number of ether oxygens (including phenoxy) is 1. The molecule has 0 fully saturated rings. The largest absolute Gasteiger partial charge is 0.494 e. The van der Waals surface area contributed by atoms with Crippen molar-refractivity contribution in [2.75, 3.05) is 33.8 Å². The lowest BCUT2D eigenvalue weighted by atomic mass is 9.98. The van der Waals surface area contributed by atoms with E-state index < -0.39 is 6.04 Å². The molecule has 0 saturated carbocycles. The topological polar surface area (TPSA) is 63.0 Å². The van der Waals surface area contributed by atoms with Gasteiger partial charge in [-0.3, -0.25) is 9.59 Å². The van der Waals surface area contributed by atoms with Gasteiger partial charge in [0.15, 0.2) is 5.43 Å².